The Kier molecular flexibility index (Phi) is 5.91. The molecule has 0 atom stereocenters. The van der Waals surface area contributed by atoms with Crippen molar-refractivity contribution in [2.24, 2.45) is 5.73 Å². The summed E-state index contributed by atoms with van der Waals surface area (Å²) in [7, 11) is 0. The molecule has 8 nitrogen and oxygen atoms in total. The molecule has 0 spiro atoms. The van der Waals surface area contributed by atoms with Crippen LogP contribution in [0.3, 0.4) is 0 Å². The van der Waals surface area contributed by atoms with E-state index in [9.17, 15) is 4.79 Å². The molecule has 0 saturated heterocycles. The van der Waals surface area contributed by atoms with Crippen LogP contribution < -0.4 is 21.7 Å². The summed E-state index contributed by atoms with van der Waals surface area (Å²) < 4.78 is 1.76. The summed E-state index contributed by atoms with van der Waals surface area (Å²) in [5, 5.41) is 14.5. The van der Waals surface area contributed by atoms with Gasteiger partial charge < -0.3 is 21.7 Å². The highest BCUT2D eigenvalue weighted by atomic mass is 16.1. The van der Waals surface area contributed by atoms with E-state index >= 15 is 0 Å². The number of hydrogen-bond acceptors (Lipinski definition) is 6. The first-order chi connectivity index (χ1) is 16.1. The minimum atomic E-state index is -0.164. The van der Waals surface area contributed by atoms with Crippen LogP contribution in [0.2, 0.25) is 0 Å². The van der Waals surface area contributed by atoms with Crippen LogP contribution in [0.15, 0.2) is 73.1 Å². The van der Waals surface area contributed by atoms with Crippen LogP contribution in [0.25, 0.3) is 5.65 Å². The zero-order valence-corrected chi connectivity index (χ0v) is 18.2. The van der Waals surface area contributed by atoms with E-state index in [4.69, 9.17) is 5.73 Å². The predicted octanol–water partition coefficient (Wildman–Crippen LogP) is 4.41. The maximum atomic E-state index is 12.7. The monoisotopic (exact) mass is 441 g/mol. The Labute approximate surface area is 192 Å². The third-order valence-corrected chi connectivity index (χ3v) is 5.92. The second-order valence-corrected chi connectivity index (χ2v) is 8.42. The third kappa shape index (κ3) is 4.96. The number of para-hydroxylation sites is 1. The van der Waals surface area contributed by atoms with Crippen molar-refractivity contribution in [3.05, 3.63) is 78.6 Å². The number of nitrogens with one attached hydrogen (secondary N) is 3. The second-order valence-electron chi connectivity index (χ2n) is 8.42. The Hall–Kier alpha value is -3.91. The molecule has 168 valence electrons. The third-order valence-electron chi connectivity index (χ3n) is 5.92. The number of imidazole rings is 1. The van der Waals surface area contributed by atoms with Gasteiger partial charge in [0.25, 0.3) is 5.91 Å². The Morgan fingerprint density at radius 2 is 1.76 bits per heavy atom. The fourth-order valence-electron chi connectivity index (χ4n) is 4.17. The zero-order chi connectivity index (χ0) is 22.6. The Morgan fingerprint density at radius 1 is 0.970 bits per heavy atom. The molecule has 5 N–H and O–H groups in total. The molecule has 2 heterocycles. The van der Waals surface area contributed by atoms with Gasteiger partial charge in [-0.25, -0.2) is 9.50 Å². The average molecular weight is 442 g/mol. The molecule has 33 heavy (non-hydrogen) atoms. The zero-order valence-electron chi connectivity index (χ0n) is 18.2. The van der Waals surface area contributed by atoms with Gasteiger partial charge in [-0.15, -0.1) is 5.10 Å². The predicted molar refractivity (Wildman–Crippen MR) is 131 cm³/mol. The molecule has 1 aliphatic carbocycles. The number of carbonyl (C=O) groups is 1. The molecule has 2 aromatic heterocycles. The molecule has 0 unspecified atom stereocenters. The normalized spacial score (nSPS) is 18.1. The fourth-order valence-corrected chi connectivity index (χ4v) is 4.17. The molecular weight excluding hydrogens is 414 g/mol. The summed E-state index contributed by atoms with van der Waals surface area (Å²) in [5.74, 6) is 0.616. The maximum absolute atomic E-state index is 12.7. The van der Waals surface area contributed by atoms with Crippen molar-refractivity contribution in [2.45, 2.75) is 37.8 Å². The summed E-state index contributed by atoms with van der Waals surface area (Å²) in [6.07, 6.45) is 7.66. The van der Waals surface area contributed by atoms with Gasteiger partial charge >= 0.3 is 0 Å². The second kappa shape index (κ2) is 9.30. The first-order valence-corrected chi connectivity index (χ1v) is 11.2. The Bertz CT molecular complexity index is 1250. The van der Waals surface area contributed by atoms with Gasteiger partial charge in [-0.2, -0.15) is 0 Å². The number of fused-ring (bicyclic) bond motifs is 1. The van der Waals surface area contributed by atoms with Crippen molar-refractivity contribution in [3.63, 3.8) is 0 Å². The molecule has 1 aliphatic rings. The fraction of sp³-hybridized carbons (Fsp3) is 0.240. The largest absolute Gasteiger partial charge is 0.366 e. The highest BCUT2D eigenvalue weighted by molar-refractivity contribution is 6.04. The van der Waals surface area contributed by atoms with Crippen molar-refractivity contribution in [2.75, 3.05) is 16.0 Å². The van der Waals surface area contributed by atoms with Crippen molar-refractivity contribution in [1.82, 2.24) is 14.6 Å². The number of aromatic nitrogens is 3. The van der Waals surface area contributed by atoms with Gasteiger partial charge in [-0.3, -0.25) is 4.79 Å². The topological polar surface area (TPSA) is 109 Å². The number of carbonyl (C=O) groups excluding carboxylic acids is 1. The van der Waals surface area contributed by atoms with Crippen LogP contribution in [-0.2, 0) is 0 Å². The lowest BCUT2D eigenvalue weighted by Crippen LogP contribution is -2.33. The molecular formula is C25H27N7O. The molecule has 1 fully saturated rings. The summed E-state index contributed by atoms with van der Waals surface area (Å²) >= 11 is 0. The molecule has 0 radical (unpaired) electrons. The lowest BCUT2D eigenvalue weighted by Gasteiger charge is -2.27. The lowest BCUT2D eigenvalue weighted by molar-refractivity contribution is 0.102. The highest BCUT2D eigenvalue weighted by Crippen LogP contribution is 2.26. The molecule has 5 rings (SSSR count). The van der Waals surface area contributed by atoms with Gasteiger partial charge in [-0.1, -0.05) is 24.3 Å². The maximum Gasteiger partial charge on any atom is 0.255 e. The van der Waals surface area contributed by atoms with Crippen LogP contribution in [0.4, 0.5) is 22.9 Å². The molecule has 4 aromatic rings. The van der Waals surface area contributed by atoms with Crippen LogP contribution in [0.1, 0.15) is 36.0 Å². The van der Waals surface area contributed by atoms with Gasteiger partial charge in [0.15, 0.2) is 5.65 Å². The van der Waals surface area contributed by atoms with Crippen LogP contribution in [-0.4, -0.2) is 32.6 Å². The van der Waals surface area contributed by atoms with Crippen LogP contribution >= 0.6 is 0 Å². The summed E-state index contributed by atoms with van der Waals surface area (Å²) in [6.45, 7) is 0. The first kappa shape index (κ1) is 21.0. The number of nitrogens with two attached hydrogens (primary N) is 1. The number of amides is 1. The first-order valence-electron chi connectivity index (χ1n) is 11.2. The molecule has 2 aromatic carbocycles. The Morgan fingerprint density at radius 3 is 2.58 bits per heavy atom. The van der Waals surface area contributed by atoms with Crippen molar-refractivity contribution in [1.29, 1.82) is 0 Å². The van der Waals surface area contributed by atoms with E-state index in [0.29, 0.717) is 23.3 Å². The molecule has 0 bridgehead atoms. The highest BCUT2D eigenvalue weighted by Gasteiger charge is 2.19. The number of nitrogens with zero attached hydrogens (tertiary/aromatic N) is 3. The van der Waals surface area contributed by atoms with Crippen molar-refractivity contribution < 1.29 is 4.79 Å². The van der Waals surface area contributed by atoms with Crippen LogP contribution in [0, 0.1) is 0 Å². The summed E-state index contributed by atoms with van der Waals surface area (Å²) in [5.41, 5.74) is 9.68. The smallest absolute Gasteiger partial charge is 0.255 e. The van der Waals surface area contributed by atoms with Crippen molar-refractivity contribution in [3.8, 4) is 0 Å². The van der Waals surface area contributed by atoms with Gasteiger partial charge in [0.05, 0.1) is 5.69 Å². The van der Waals surface area contributed by atoms with E-state index in [1.54, 1.807) is 16.8 Å². The van der Waals surface area contributed by atoms with E-state index in [1.165, 1.54) is 0 Å². The molecule has 8 heteroatoms. The van der Waals surface area contributed by atoms with E-state index in [2.05, 4.69) is 26.0 Å². The molecule has 0 aliphatic heterocycles. The quantitative estimate of drug-likeness (QED) is 0.353. The van der Waals surface area contributed by atoms with E-state index in [1.807, 2.05) is 60.8 Å². The minimum absolute atomic E-state index is 0.164. The number of hydrogen-bond donors (Lipinski definition) is 4. The average Bonchev–Trinajstić information content (AvgIpc) is 3.30. The lowest BCUT2D eigenvalue weighted by atomic mass is 9.92. The van der Waals surface area contributed by atoms with Gasteiger partial charge in [0.1, 0.15) is 5.82 Å². The SMILES string of the molecule is NC1CCC(Nc2cc(Nc3cccc(C(=O)Nc4ccccc4)c3)c3nccn3n2)CC1. The molecule has 1 saturated carbocycles. The number of benzene rings is 2. The van der Waals surface area contributed by atoms with E-state index in [0.717, 1.165) is 48.6 Å². The van der Waals surface area contributed by atoms with E-state index in [-0.39, 0.29) is 5.91 Å². The summed E-state index contributed by atoms with van der Waals surface area (Å²) in [4.78, 5) is 17.1. The van der Waals surface area contributed by atoms with Gasteiger partial charge in [0.2, 0.25) is 0 Å². The van der Waals surface area contributed by atoms with Crippen LogP contribution in [0.5, 0.6) is 0 Å². The molecule has 1 amide bonds. The number of anilines is 4. The Balaban J connectivity index is 1.36. The standard InChI is InChI=1S/C25H27N7O/c26-18-9-11-20(12-10-18)29-23-16-22(24-27-13-14-32(24)31-23)28-21-8-4-5-17(15-21)25(33)30-19-6-2-1-3-7-19/h1-8,13-16,18,20,28H,9-12,26H2,(H,29,31)(H,30,33). The van der Waals surface area contributed by atoms with Crippen molar-refractivity contribution >= 4 is 34.4 Å². The number of rotatable bonds is 6. The van der Waals surface area contributed by atoms with Gasteiger partial charge in [-0.05, 0) is 56.0 Å². The summed E-state index contributed by atoms with van der Waals surface area (Å²) in [6, 6.07) is 19.4. The van der Waals surface area contributed by atoms with Gasteiger partial charge in [0, 0.05) is 47.5 Å². The minimum Gasteiger partial charge on any atom is -0.366 e. The van der Waals surface area contributed by atoms with E-state index < -0.39 is 0 Å².